The Hall–Kier alpha value is -0.960. The van der Waals surface area contributed by atoms with E-state index in [1.807, 2.05) is 11.8 Å². The first-order valence-corrected chi connectivity index (χ1v) is 8.40. The predicted molar refractivity (Wildman–Crippen MR) is 85.1 cm³/mol. The summed E-state index contributed by atoms with van der Waals surface area (Å²) in [5.41, 5.74) is 2.59. The van der Waals surface area contributed by atoms with Crippen molar-refractivity contribution in [1.29, 1.82) is 0 Å². The van der Waals surface area contributed by atoms with E-state index in [1.165, 1.54) is 49.1 Å². The van der Waals surface area contributed by atoms with Crippen LogP contribution in [-0.4, -0.2) is 17.0 Å². The van der Waals surface area contributed by atoms with Gasteiger partial charge in [-0.05, 0) is 42.9 Å². The molecule has 2 aliphatic rings. The molecule has 1 aromatic carbocycles. The van der Waals surface area contributed by atoms with Crippen LogP contribution in [0.15, 0.2) is 29.3 Å². The van der Waals surface area contributed by atoms with E-state index in [0.29, 0.717) is 6.04 Å². The van der Waals surface area contributed by atoms with Gasteiger partial charge < -0.3 is 5.32 Å². The predicted octanol–water partition coefficient (Wildman–Crippen LogP) is 4.32. The number of nitrogens with one attached hydrogen (secondary N) is 1. The summed E-state index contributed by atoms with van der Waals surface area (Å²) in [4.78, 5) is 4.87. The van der Waals surface area contributed by atoms with E-state index in [1.54, 1.807) is 0 Å². The maximum absolute atomic E-state index is 4.87. The lowest BCUT2D eigenvalue weighted by Gasteiger charge is -2.23. The fraction of sp³-hybridized carbons (Fsp3) is 0.562. The maximum atomic E-state index is 4.87. The first kappa shape index (κ1) is 13.0. The van der Waals surface area contributed by atoms with Gasteiger partial charge in [-0.1, -0.05) is 43.7 Å². The SMILES string of the molecule is CCCc1ccc(NC2=NC3CCCC3CS2)cc1. The third-order valence-corrected chi connectivity index (χ3v) is 5.16. The fourth-order valence-corrected chi connectivity index (χ4v) is 4.15. The molecule has 102 valence electrons. The number of rotatable bonds is 3. The second-order valence-corrected chi connectivity index (χ2v) is 6.58. The highest BCUT2D eigenvalue weighted by molar-refractivity contribution is 8.14. The molecule has 19 heavy (non-hydrogen) atoms. The lowest BCUT2D eigenvalue weighted by molar-refractivity contribution is 0.535. The van der Waals surface area contributed by atoms with E-state index in [9.17, 15) is 0 Å². The minimum atomic E-state index is 0.586. The number of benzene rings is 1. The quantitative estimate of drug-likeness (QED) is 0.887. The first-order chi connectivity index (χ1) is 9.35. The molecule has 2 nitrogen and oxygen atoms in total. The molecular weight excluding hydrogens is 252 g/mol. The van der Waals surface area contributed by atoms with Crippen LogP contribution >= 0.6 is 11.8 Å². The summed E-state index contributed by atoms with van der Waals surface area (Å²) in [6.45, 7) is 2.22. The van der Waals surface area contributed by atoms with Crippen LogP contribution in [0.1, 0.15) is 38.2 Å². The molecule has 1 aliphatic heterocycles. The Morgan fingerprint density at radius 2 is 2.11 bits per heavy atom. The maximum Gasteiger partial charge on any atom is 0.161 e. The molecule has 0 aromatic heterocycles. The Bertz CT molecular complexity index is 452. The van der Waals surface area contributed by atoms with Crippen molar-refractivity contribution >= 4 is 22.6 Å². The van der Waals surface area contributed by atoms with Crippen LogP contribution in [-0.2, 0) is 6.42 Å². The van der Waals surface area contributed by atoms with Crippen LogP contribution in [0.4, 0.5) is 5.69 Å². The molecule has 0 amide bonds. The van der Waals surface area contributed by atoms with Crippen molar-refractivity contribution in [3.05, 3.63) is 29.8 Å². The molecule has 1 aromatic rings. The summed E-state index contributed by atoms with van der Waals surface area (Å²) in [6.07, 6.45) is 6.39. The standard InChI is InChI=1S/C16H22N2S/c1-2-4-12-7-9-14(10-8-12)17-16-18-15-6-3-5-13(15)11-19-16/h7-10,13,15H,2-6,11H2,1H3,(H,17,18). The molecule has 0 spiro atoms. The van der Waals surface area contributed by atoms with Crippen LogP contribution in [0.3, 0.4) is 0 Å². The molecule has 2 unspecified atom stereocenters. The number of hydrogen-bond acceptors (Lipinski definition) is 3. The zero-order chi connectivity index (χ0) is 13.1. The summed E-state index contributed by atoms with van der Waals surface area (Å²) < 4.78 is 0. The van der Waals surface area contributed by atoms with Gasteiger partial charge in [-0.3, -0.25) is 4.99 Å². The van der Waals surface area contributed by atoms with Crippen molar-refractivity contribution in [3.8, 4) is 0 Å². The van der Waals surface area contributed by atoms with Crippen LogP contribution in [0.25, 0.3) is 0 Å². The molecule has 3 heteroatoms. The van der Waals surface area contributed by atoms with Crippen molar-refractivity contribution in [2.45, 2.75) is 45.1 Å². The van der Waals surface area contributed by atoms with Crippen molar-refractivity contribution < 1.29 is 0 Å². The van der Waals surface area contributed by atoms with Gasteiger partial charge in [0.2, 0.25) is 0 Å². The largest absolute Gasteiger partial charge is 0.335 e. The third-order valence-electron chi connectivity index (χ3n) is 4.08. The number of amidine groups is 1. The molecule has 1 N–H and O–H groups in total. The summed E-state index contributed by atoms with van der Waals surface area (Å²) in [6, 6.07) is 9.38. The van der Waals surface area contributed by atoms with Gasteiger partial charge in [-0.15, -0.1) is 0 Å². The van der Waals surface area contributed by atoms with Gasteiger partial charge in [0.15, 0.2) is 5.17 Å². The lowest BCUT2D eigenvalue weighted by atomic mass is 10.1. The summed E-state index contributed by atoms with van der Waals surface area (Å²) in [5.74, 6) is 2.08. The lowest BCUT2D eigenvalue weighted by Crippen LogP contribution is -2.25. The molecule has 1 fully saturated rings. The van der Waals surface area contributed by atoms with E-state index in [-0.39, 0.29) is 0 Å². The van der Waals surface area contributed by atoms with E-state index in [0.717, 1.165) is 11.1 Å². The Morgan fingerprint density at radius 3 is 2.89 bits per heavy atom. The molecule has 0 radical (unpaired) electrons. The van der Waals surface area contributed by atoms with E-state index >= 15 is 0 Å². The second-order valence-electron chi connectivity index (χ2n) is 5.58. The molecule has 0 saturated heterocycles. The summed E-state index contributed by atoms with van der Waals surface area (Å²) >= 11 is 1.89. The molecule has 1 saturated carbocycles. The molecular formula is C16H22N2S. The smallest absolute Gasteiger partial charge is 0.161 e. The van der Waals surface area contributed by atoms with Gasteiger partial charge in [0, 0.05) is 11.4 Å². The number of aliphatic imine (C=N–C) groups is 1. The number of thioether (sulfide) groups is 1. The van der Waals surface area contributed by atoms with Gasteiger partial charge in [-0.25, -0.2) is 0 Å². The van der Waals surface area contributed by atoms with Crippen molar-refractivity contribution in [2.75, 3.05) is 11.1 Å². The Morgan fingerprint density at radius 1 is 1.26 bits per heavy atom. The normalized spacial score (nSPS) is 25.8. The minimum absolute atomic E-state index is 0.586. The summed E-state index contributed by atoms with van der Waals surface area (Å²) in [5, 5.41) is 4.59. The molecule has 1 aliphatic carbocycles. The highest BCUT2D eigenvalue weighted by Gasteiger charge is 2.30. The fourth-order valence-electron chi connectivity index (χ4n) is 2.99. The first-order valence-electron chi connectivity index (χ1n) is 7.41. The minimum Gasteiger partial charge on any atom is -0.335 e. The van der Waals surface area contributed by atoms with Crippen LogP contribution in [0, 0.1) is 5.92 Å². The second kappa shape index (κ2) is 6.00. The van der Waals surface area contributed by atoms with Gasteiger partial charge in [0.25, 0.3) is 0 Å². The Labute approximate surface area is 120 Å². The van der Waals surface area contributed by atoms with Gasteiger partial charge in [-0.2, -0.15) is 0 Å². The third kappa shape index (κ3) is 3.14. The van der Waals surface area contributed by atoms with E-state index in [4.69, 9.17) is 4.99 Å². The highest BCUT2D eigenvalue weighted by atomic mass is 32.2. The van der Waals surface area contributed by atoms with Crippen molar-refractivity contribution in [2.24, 2.45) is 10.9 Å². The number of aryl methyl sites for hydroxylation is 1. The number of fused-ring (bicyclic) bond motifs is 1. The number of nitrogens with zero attached hydrogens (tertiary/aromatic N) is 1. The van der Waals surface area contributed by atoms with Gasteiger partial charge in [0.1, 0.15) is 0 Å². The molecule has 2 atom stereocenters. The number of anilines is 1. The van der Waals surface area contributed by atoms with Crippen LogP contribution < -0.4 is 5.32 Å². The van der Waals surface area contributed by atoms with Gasteiger partial charge >= 0.3 is 0 Å². The number of hydrogen-bond donors (Lipinski definition) is 1. The van der Waals surface area contributed by atoms with Crippen LogP contribution in [0.5, 0.6) is 0 Å². The molecule has 3 rings (SSSR count). The zero-order valence-electron chi connectivity index (χ0n) is 11.6. The Balaban J connectivity index is 1.64. The zero-order valence-corrected chi connectivity index (χ0v) is 12.4. The summed E-state index contributed by atoms with van der Waals surface area (Å²) in [7, 11) is 0. The Kier molecular flexibility index (Phi) is 4.12. The monoisotopic (exact) mass is 274 g/mol. The van der Waals surface area contributed by atoms with E-state index < -0.39 is 0 Å². The van der Waals surface area contributed by atoms with Crippen LogP contribution in [0.2, 0.25) is 0 Å². The highest BCUT2D eigenvalue weighted by Crippen LogP contribution is 2.35. The van der Waals surface area contributed by atoms with Crippen molar-refractivity contribution in [3.63, 3.8) is 0 Å². The topological polar surface area (TPSA) is 24.4 Å². The van der Waals surface area contributed by atoms with E-state index in [2.05, 4.69) is 36.5 Å². The molecule has 0 bridgehead atoms. The average molecular weight is 274 g/mol. The average Bonchev–Trinajstić information content (AvgIpc) is 2.89. The van der Waals surface area contributed by atoms with Gasteiger partial charge in [0.05, 0.1) is 6.04 Å². The van der Waals surface area contributed by atoms with Crippen molar-refractivity contribution in [1.82, 2.24) is 0 Å². The molecule has 1 heterocycles.